The van der Waals surface area contributed by atoms with Gasteiger partial charge < -0.3 is 23.8 Å². The molecule has 1 aliphatic heterocycles. The molecular formula is C26H27NO5S. The van der Waals surface area contributed by atoms with Crippen molar-refractivity contribution in [3.8, 4) is 23.0 Å². The standard InChI is InChI=1S/C26H27NO5S/c1-29-20-9-7-17(14-21(20)30-2)8-10-25(28)27-12-11-18-15-22(31-3)23(32-4)16-19(18)26(27)24-6-5-13-33-24/h5-10,13-16,26H,11-12H2,1-4H3/b10-8+/t26-/m1/s1. The number of carbonyl (C=O) groups excluding carboxylic acids is 1. The molecule has 3 aromatic rings. The minimum atomic E-state index is -0.184. The lowest BCUT2D eigenvalue weighted by atomic mass is 9.90. The van der Waals surface area contributed by atoms with Crippen LogP contribution in [0, 0.1) is 0 Å². The third-order valence-corrected chi connectivity index (χ3v) is 6.72. The number of hydrogen-bond acceptors (Lipinski definition) is 6. The predicted molar refractivity (Wildman–Crippen MR) is 130 cm³/mol. The molecular weight excluding hydrogens is 438 g/mol. The Morgan fingerprint density at radius 2 is 1.64 bits per heavy atom. The Hall–Kier alpha value is -3.45. The first-order valence-electron chi connectivity index (χ1n) is 10.6. The number of nitrogens with zero attached hydrogens (tertiary/aromatic N) is 1. The fourth-order valence-electron chi connectivity index (χ4n) is 4.16. The average molecular weight is 466 g/mol. The molecule has 6 nitrogen and oxygen atoms in total. The second kappa shape index (κ2) is 10.0. The summed E-state index contributed by atoms with van der Waals surface area (Å²) in [7, 11) is 6.46. The van der Waals surface area contributed by atoms with Gasteiger partial charge in [-0.05, 0) is 64.9 Å². The predicted octanol–water partition coefficient (Wildman–Crippen LogP) is 4.97. The van der Waals surface area contributed by atoms with E-state index in [0.717, 1.165) is 22.4 Å². The normalized spacial score (nSPS) is 15.3. The van der Waals surface area contributed by atoms with Crippen LogP contribution in [-0.4, -0.2) is 45.8 Å². The van der Waals surface area contributed by atoms with Gasteiger partial charge in [-0.25, -0.2) is 0 Å². The van der Waals surface area contributed by atoms with Gasteiger partial charge in [-0.15, -0.1) is 11.3 Å². The smallest absolute Gasteiger partial charge is 0.247 e. The molecule has 2 aromatic carbocycles. The molecule has 0 bridgehead atoms. The van der Waals surface area contributed by atoms with E-state index < -0.39 is 0 Å². The van der Waals surface area contributed by atoms with E-state index in [1.54, 1.807) is 51.9 Å². The third kappa shape index (κ3) is 4.54. The van der Waals surface area contributed by atoms with Crippen LogP contribution in [0.4, 0.5) is 0 Å². The number of amides is 1. The lowest BCUT2D eigenvalue weighted by Gasteiger charge is -2.37. The fourth-order valence-corrected chi connectivity index (χ4v) is 5.01. The molecule has 0 aliphatic carbocycles. The van der Waals surface area contributed by atoms with Gasteiger partial charge in [0.2, 0.25) is 5.91 Å². The molecule has 0 unspecified atom stereocenters. The van der Waals surface area contributed by atoms with Crippen LogP contribution in [0.25, 0.3) is 6.08 Å². The van der Waals surface area contributed by atoms with Gasteiger partial charge >= 0.3 is 0 Å². The summed E-state index contributed by atoms with van der Waals surface area (Å²) in [5, 5.41) is 2.03. The molecule has 33 heavy (non-hydrogen) atoms. The lowest BCUT2D eigenvalue weighted by Crippen LogP contribution is -2.39. The second-order valence-electron chi connectivity index (χ2n) is 7.55. The van der Waals surface area contributed by atoms with E-state index in [-0.39, 0.29) is 11.9 Å². The van der Waals surface area contributed by atoms with Crippen molar-refractivity contribution in [2.75, 3.05) is 35.0 Å². The molecule has 0 radical (unpaired) electrons. The topological polar surface area (TPSA) is 57.2 Å². The van der Waals surface area contributed by atoms with E-state index in [0.29, 0.717) is 29.5 Å². The van der Waals surface area contributed by atoms with Gasteiger partial charge in [0.15, 0.2) is 23.0 Å². The number of rotatable bonds is 7. The second-order valence-corrected chi connectivity index (χ2v) is 8.53. The Kier molecular flexibility index (Phi) is 6.89. The van der Waals surface area contributed by atoms with Gasteiger partial charge in [0.1, 0.15) is 0 Å². The van der Waals surface area contributed by atoms with Gasteiger partial charge in [0.05, 0.1) is 34.5 Å². The first-order valence-corrected chi connectivity index (χ1v) is 11.5. The summed E-state index contributed by atoms with van der Waals surface area (Å²) < 4.78 is 21.7. The van der Waals surface area contributed by atoms with Crippen LogP contribution < -0.4 is 18.9 Å². The number of thiophene rings is 1. The van der Waals surface area contributed by atoms with Crippen molar-refractivity contribution in [2.45, 2.75) is 12.5 Å². The first kappa shape index (κ1) is 22.7. The molecule has 0 saturated heterocycles. The van der Waals surface area contributed by atoms with Gasteiger partial charge in [0, 0.05) is 17.5 Å². The Morgan fingerprint density at radius 1 is 0.939 bits per heavy atom. The third-order valence-electron chi connectivity index (χ3n) is 5.80. The van der Waals surface area contributed by atoms with Crippen LogP contribution in [-0.2, 0) is 11.2 Å². The summed E-state index contributed by atoms with van der Waals surface area (Å²) in [5.74, 6) is 2.58. The van der Waals surface area contributed by atoms with E-state index in [9.17, 15) is 4.79 Å². The molecule has 2 heterocycles. The van der Waals surface area contributed by atoms with Crippen molar-refractivity contribution in [3.05, 3.63) is 75.5 Å². The van der Waals surface area contributed by atoms with Crippen molar-refractivity contribution in [1.82, 2.24) is 4.90 Å². The van der Waals surface area contributed by atoms with E-state index in [1.807, 2.05) is 46.7 Å². The zero-order valence-electron chi connectivity index (χ0n) is 19.2. The highest BCUT2D eigenvalue weighted by Gasteiger charge is 2.33. The van der Waals surface area contributed by atoms with Crippen molar-refractivity contribution < 1.29 is 23.7 Å². The monoisotopic (exact) mass is 465 g/mol. The minimum absolute atomic E-state index is 0.0522. The van der Waals surface area contributed by atoms with E-state index in [4.69, 9.17) is 18.9 Å². The molecule has 7 heteroatoms. The van der Waals surface area contributed by atoms with Crippen molar-refractivity contribution in [3.63, 3.8) is 0 Å². The Bertz CT molecular complexity index is 1160. The van der Waals surface area contributed by atoms with Gasteiger partial charge in [-0.2, -0.15) is 0 Å². The maximum Gasteiger partial charge on any atom is 0.247 e. The summed E-state index contributed by atoms with van der Waals surface area (Å²) in [5.41, 5.74) is 3.09. The van der Waals surface area contributed by atoms with Crippen LogP contribution in [0.15, 0.2) is 53.9 Å². The summed E-state index contributed by atoms with van der Waals surface area (Å²) >= 11 is 1.64. The highest BCUT2D eigenvalue weighted by atomic mass is 32.1. The zero-order valence-corrected chi connectivity index (χ0v) is 20.0. The van der Waals surface area contributed by atoms with E-state index in [2.05, 4.69) is 6.07 Å². The quantitative estimate of drug-likeness (QED) is 0.461. The van der Waals surface area contributed by atoms with Crippen LogP contribution in [0.3, 0.4) is 0 Å². The lowest BCUT2D eigenvalue weighted by molar-refractivity contribution is -0.127. The maximum absolute atomic E-state index is 13.4. The summed E-state index contributed by atoms with van der Waals surface area (Å²) in [6.45, 7) is 0.611. The summed E-state index contributed by atoms with van der Waals surface area (Å²) in [6.07, 6.45) is 4.17. The van der Waals surface area contributed by atoms with Crippen LogP contribution >= 0.6 is 11.3 Å². The molecule has 4 rings (SSSR count). The highest BCUT2D eigenvalue weighted by molar-refractivity contribution is 7.10. The molecule has 172 valence electrons. The van der Waals surface area contributed by atoms with Crippen molar-refractivity contribution >= 4 is 23.3 Å². The Balaban J connectivity index is 1.67. The molecule has 0 spiro atoms. The molecule has 0 N–H and O–H groups in total. The molecule has 1 aliphatic rings. The molecule has 0 fully saturated rings. The Labute approximate surface area is 198 Å². The number of ether oxygens (including phenoxy) is 4. The van der Waals surface area contributed by atoms with Gasteiger partial charge in [0.25, 0.3) is 0 Å². The highest BCUT2D eigenvalue weighted by Crippen LogP contribution is 2.42. The first-order chi connectivity index (χ1) is 16.1. The molecule has 0 saturated carbocycles. The van der Waals surface area contributed by atoms with Crippen LogP contribution in [0.2, 0.25) is 0 Å². The number of carbonyl (C=O) groups is 1. The van der Waals surface area contributed by atoms with Gasteiger partial charge in [-0.3, -0.25) is 4.79 Å². The van der Waals surface area contributed by atoms with Crippen LogP contribution in [0.5, 0.6) is 23.0 Å². The maximum atomic E-state index is 13.4. The van der Waals surface area contributed by atoms with Crippen molar-refractivity contribution in [1.29, 1.82) is 0 Å². The van der Waals surface area contributed by atoms with Crippen LogP contribution in [0.1, 0.15) is 27.6 Å². The number of methoxy groups -OCH3 is 4. The molecule has 1 atom stereocenters. The minimum Gasteiger partial charge on any atom is -0.493 e. The van der Waals surface area contributed by atoms with E-state index >= 15 is 0 Å². The number of benzene rings is 2. The largest absolute Gasteiger partial charge is 0.493 e. The molecule has 1 amide bonds. The summed E-state index contributed by atoms with van der Waals surface area (Å²) in [6, 6.07) is 13.5. The average Bonchev–Trinajstić information content (AvgIpc) is 3.39. The Morgan fingerprint density at radius 3 is 2.30 bits per heavy atom. The zero-order chi connectivity index (χ0) is 23.4. The van der Waals surface area contributed by atoms with Gasteiger partial charge in [-0.1, -0.05) is 12.1 Å². The summed E-state index contributed by atoms with van der Waals surface area (Å²) in [4.78, 5) is 16.4. The number of hydrogen-bond donors (Lipinski definition) is 0. The van der Waals surface area contributed by atoms with Crippen molar-refractivity contribution in [2.24, 2.45) is 0 Å². The van der Waals surface area contributed by atoms with E-state index in [1.165, 1.54) is 5.56 Å². The SMILES string of the molecule is COc1ccc(/C=C/C(=O)N2CCc3cc(OC)c(OC)cc3[C@@H]2c2cccs2)cc1OC. The fraction of sp³-hybridized carbons (Fsp3) is 0.269. The number of fused-ring (bicyclic) bond motifs is 1. The molecule has 1 aromatic heterocycles.